The summed E-state index contributed by atoms with van der Waals surface area (Å²) in [7, 11) is 1.66. The highest BCUT2D eigenvalue weighted by Crippen LogP contribution is 2.13. The molecular formula is C20H21FN4O. The van der Waals surface area contributed by atoms with E-state index in [4.69, 9.17) is 4.74 Å². The van der Waals surface area contributed by atoms with Crippen LogP contribution < -0.4 is 15.4 Å². The third-order valence-corrected chi connectivity index (χ3v) is 3.87. The Morgan fingerprint density at radius 2 is 1.85 bits per heavy atom. The lowest BCUT2D eigenvalue weighted by molar-refractivity contribution is 0.414. The summed E-state index contributed by atoms with van der Waals surface area (Å²) in [6.45, 7) is 1.29. The van der Waals surface area contributed by atoms with Gasteiger partial charge in [-0.3, -0.25) is 0 Å². The minimum atomic E-state index is -0.238. The Hall–Kier alpha value is -3.15. The Bertz CT molecular complexity index is 839. The van der Waals surface area contributed by atoms with Gasteiger partial charge in [0.05, 0.1) is 7.11 Å². The predicted octanol–water partition coefficient (Wildman–Crippen LogP) is 3.89. The maximum atomic E-state index is 12.9. The number of aromatic nitrogens is 2. The number of benzene rings is 2. The van der Waals surface area contributed by atoms with Crippen LogP contribution in [0.25, 0.3) is 0 Å². The number of methoxy groups -OCH3 is 1. The zero-order valence-corrected chi connectivity index (χ0v) is 14.6. The highest BCUT2D eigenvalue weighted by Gasteiger charge is 2.01. The fraction of sp³-hybridized carbons (Fsp3) is 0.200. The molecule has 26 heavy (non-hydrogen) atoms. The lowest BCUT2D eigenvalue weighted by atomic mass is 10.1. The summed E-state index contributed by atoms with van der Waals surface area (Å²) in [6.07, 6.45) is 2.54. The molecule has 0 fully saturated rings. The van der Waals surface area contributed by atoms with E-state index in [0.29, 0.717) is 24.9 Å². The van der Waals surface area contributed by atoms with Crippen LogP contribution in [-0.4, -0.2) is 23.6 Å². The second-order valence-electron chi connectivity index (χ2n) is 5.77. The molecule has 2 aromatic carbocycles. The van der Waals surface area contributed by atoms with Crippen LogP contribution in [0.2, 0.25) is 0 Å². The van der Waals surface area contributed by atoms with Crippen LogP contribution in [-0.2, 0) is 13.0 Å². The van der Waals surface area contributed by atoms with Gasteiger partial charge in [-0.05, 0) is 47.9 Å². The third kappa shape index (κ3) is 5.17. The summed E-state index contributed by atoms with van der Waals surface area (Å²) in [5, 5.41) is 6.44. The van der Waals surface area contributed by atoms with Gasteiger partial charge >= 0.3 is 0 Å². The molecular weight excluding hydrogens is 331 g/mol. The average molecular weight is 352 g/mol. The molecule has 134 valence electrons. The first-order chi connectivity index (χ1) is 12.7. The molecule has 5 nitrogen and oxygen atoms in total. The second-order valence-corrected chi connectivity index (χ2v) is 5.77. The van der Waals surface area contributed by atoms with Crippen molar-refractivity contribution in [1.29, 1.82) is 0 Å². The summed E-state index contributed by atoms with van der Waals surface area (Å²) in [5.74, 6) is 1.90. The maximum Gasteiger partial charge on any atom is 0.224 e. The van der Waals surface area contributed by atoms with E-state index >= 15 is 0 Å². The molecule has 0 unspecified atom stereocenters. The summed E-state index contributed by atoms with van der Waals surface area (Å²) in [6, 6.07) is 16.2. The molecule has 0 radical (unpaired) electrons. The highest BCUT2D eigenvalue weighted by atomic mass is 19.1. The summed E-state index contributed by atoms with van der Waals surface area (Å²) in [5.41, 5.74) is 2.17. The molecule has 2 N–H and O–H groups in total. The molecule has 3 aromatic rings. The van der Waals surface area contributed by atoms with E-state index in [1.165, 1.54) is 17.7 Å². The zero-order valence-electron chi connectivity index (χ0n) is 14.6. The number of ether oxygens (including phenoxy) is 1. The van der Waals surface area contributed by atoms with Crippen molar-refractivity contribution in [3.05, 3.63) is 77.7 Å². The first-order valence-corrected chi connectivity index (χ1v) is 8.41. The van der Waals surface area contributed by atoms with Gasteiger partial charge in [0.1, 0.15) is 17.4 Å². The zero-order chi connectivity index (χ0) is 18.2. The number of nitrogens with zero attached hydrogens (tertiary/aromatic N) is 2. The van der Waals surface area contributed by atoms with Gasteiger partial charge < -0.3 is 15.4 Å². The molecule has 1 heterocycles. The minimum absolute atomic E-state index is 0.238. The molecule has 0 saturated heterocycles. The molecule has 3 rings (SSSR count). The van der Waals surface area contributed by atoms with Gasteiger partial charge in [-0.1, -0.05) is 24.3 Å². The smallest absolute Gasteiger partial charge is 0.224 e. The standard InChI is InChI=1S/C20H21FN4O/c1-26-18-4-2-3-15(13-18)9-11-22-20-23-12-10-19(25-20)24-14-16-5-7-17(21)8-6-16/h2-8,10,12-13H,9,11,14H2,1H3,(H2,22,23,24,25). The first-order valence-electron chi connectivity index (χ1n) is 8.41. The van der Waals surface area contributed by atoms with Crippen molar-refractivity contribution in [2.45, 2.75) is 13.0 Å². The van der Waals surface area contributed by atoms with Gasteiger partial charge in [-0.15, -0.1) is 0 Å². The number of hydrogen-bond donors (Lipinski definition) is 2. The fourth-order valence-corrected chi connectivity index (χ4v) is 2.48. The van der Waals surface area contributed by atoms with E-state index in [0.717, 1.165) is 17.7 Å². The van der Waals surface area contributed by atoms with Gasteiger partial charge in [0.2, 0.25) is 5.95 Å². The number of anilines is 2. The van der Waals surface area contributed by atoms with Crippen LogP contribution >= 0.6 is 0 Å². The molecule has 0 bridgehead atoms. The Morgan fingerprint density at radius 3 is 2.65 bits per heavy atom. The van der Waals surface area contributed by atoms with Crippen molar-refractivity contribution in [1.82, 2.24) is 9.97 Å². The van der Waals surface area contributed by atoms with Crippen molar-refractivity contribution in [3.8, 4) is 5.75 Å². The largest absolute Gasteiger partial charge is 0.497 e. The molecule has 0 saturated carbocycles. The van der Waals surface area contributed by atoms with Gasteiger partial charge in [-0.25, -0.2) is 9.37 Å². The molecule has 0 spiro atoms. The van der Waals surface area contributed by atoms with E-state index in [-0.39, 0.29) is 5.82 Å². The average Bonchev–Trinajstić information content (AvgIpc) is 2.68. The van der Waals surface area contributed by atoms with Gasteiger partial charge in [-0.2, -0.15) is 4.98 Å². The fourth-order valence-electron chi connectivity index (χ4n) is 2.48. The summed E-state index contributed by atoms with van der Waals surface area (Å²) in [4.78, 5) is 8.67. The van der Waals surface area contributed by atoms with E-state index in [1.54, 1.807) is 31.5 Å². The van der Waals surface area contributed by atoms with Crippen LogP contribution in [0.15, 0.2) is 60.8 Å². The topological polar surface area (TPSA) is 59.1 Å². The summed E-state index contributed by atoms with van der Waals surface area (Å²) < 4.78 is 18.2. The number of nitrogens with one attached hydrogen (secondary N) is 2. The molecule has 6 heteroatoms. The van der Waals surface area contributed by atoms with Gasteiger partial charge in [0, 0.05) is 19.3 Å². The molecule has 0 aliphatic heterocycles. The number of rotatable bonds is 8. The normalized spacial score (nSPS) is 10.4. The lowest BCUT2D eigenvalue weighted by Gasteiger charge is -2.09. The van der Waals surface area contributed by atoms with Gasteiger partial charge in [0.25, 0.3) is 0 Å². The SMILES string of the molecule is COc1cccc(CCNc2nccc(NCc3ccc(F)cc3)n2)c1. The Morgan fingerprint density at radius 1 is 1.00 bits per heavy atom. The van der Waals surface area contributed by atoms with Crippen molar-refractivity contribution < 1.29 is 9.13 Å². The van der Waals surface area contributed by atoms with E-state index in [2.05, 4.69) is 26.7 Å². The Labute approximate surface area is 152 Å². The minimum Gasteiger partial charge on any atom is -0.497 e. The Kier molecular flexibility index (Phi) is 5.98. The monoisotopic (exact) mass is 352 g/mol. The molecule has 0 aliphatic rings. The Balaban J connectivity index is 1.51. The van der Waals surface area contributed by atoms with Crippen LogP contribution in [0, 0.1) is 5.82 Å². The van der Waals surface area contributed by atoms with Crippen molar-refractivity contribution in [2.75, 3.05) is 24.3 Å². The van der Waals surface area contributed by atoms with Crippen molar-refractivity contribution in [3.63, 3.8) is 0 Å². The maximum absolute atomic E-state index is 12.9. The first kappa shape index (κ1) is 17.7. The quantitative estimate of drug-likeness (QED) is 0.644. The van der Waals surface area contributed by atoms with E-state index < -0.39 is 0 Å². The van der Waals surface area contributed by atoms with Crippen molar-refractivity contribution >= 4 is 11.8 Å². The summed E-state index contributed by atoms with van der Waals surface area (Å²) >= 11 is 0. The molecule has 0 atom stereocenters. The predicted molar refractivity (Wildman–Crippen MR) is 101 cm³/mol. The molecule has 1 aromatic heterocycles. The molecule has 0 aliphatic carbocycles. The van der Waals surface area contributed by atoms with Crippen LogP contribution in [0.4, 0.5) is 16.2 Å². The van der Waals surface area contributed by atoms with Crippen molar-refractivity contribution in [2.24, 2.45) is 0 Å². The lowest BCUT2D eigenvalue weighted by Crippen LogP contribution is -2.09. The highest BCUT2D eigenvalue weighted by molar-refractivity contribution is 5.40. The number of hydrogen-bond acceptors (Lipinski definition) is 5. The van der Waals surface area contributed by atoms with Crippen LogP contribution in [0.3, 0.4) is 0 Å². The van der Waals surface area contributed by atoms with E-state index in [9.17, 15) is 4.39 Å². The van der Waals surface area contributed by atoms with E-state index in [1.807, 2.05) is 18.2 Å². The van der Waals surface area contributed by atoms with Crippen LogP contribution in [0.1, 0.15) is 11.1 Å². The second kappa shape index (κ2) is 8.80. The number of halogens is 1. The molecule has 0 amide bonds. The third-order valence-electron chi connectivity index (χ3n) is 3.87. The van der Waals surface area contributed by atoms with Crippen LogP contribution in [0.5, 0.6) is 5.75 Å². The van der Waals surface area contributed by atoms with Gasteiger partial charge in [0.15, 0.2) is 0 Å².